The highest BCUT2D eigenvalue weighted by Crippen LogP contribution is 2.36. The van der Waals surface area contributed by atoms with E-state index in [1.807, 2.05) is 0 Å². The highest BCUT2D eigenvalue weighted by molar-refractivity contribution is 7.13. The molecule has 1 aromatic rings. The van der Waals surface area contributed by atoms with Crippen LogP contribution in [0.3, 0.4) is 0 Å². The first kappa shape index (κ1) is 11.6. The normalized spacial score (nSPS) is 20.4. The molecule has 0 N–H and O–H groups in total. The topological polar surface area (TPSA) is 16.1 Å². The third-order valence-electron chi connectivity index (χ3n) is 2.22. The molecule has 8 heteroatoms. The molecular formula is C8H7F5N2S. The Bertz CT molecular complexity index is 386. The lowest BCUT2D eigenvalue weighted by Gasteiger charge is -2.13. The standard InChI is InChI=1S/C8H7F5N2S/c9-7(10)1-2-15(4-7)6-14-5(3-16-6)8(11,12)13/h3H,1-2,4H2. The van der Waals surface area contributed by atoms with E-state index >= 15 is 0 Å². The Kier molecular flexibility index (Phi) is 2.56. The first-order chi connectivity index (χ1) is 7.28. The Morgan fingerprint density at radius 1 is 1.38 bits per heavy atom. The largest absolute Gasteiger partial charge is 0.434 e. The molecule has 0 aromatic carbocycles. The predicted molar refractivity (Wildman–Crippen MR) is 48.9 cm³/mol. The Morgan fingerprint density at radius 3 is 2.50 bits per heavy atom. The van der Waals surface area contributed by atoms with E-state index in [2.05, 4.69) is 4.98 Å². The zero-order chi connectivity index (χ0) is 12.0. The monoisotopic (exact) mass is 258 g/mol. The summed E-state index contributed by atoms with van der Waals surface area (Å²) in [6.45, 7) is -0.518. The Hall–Kier alpha value is -0.920. The lowest BCUT2D eigenvalue weighted by molar-refractivity contribution is -0.140. The first-order valence-electron chi connectivity index (χ1n) is 4.43. The average Bonchev–Trinajstić information content (AvgIpc) is 2.68. The van der Waals surface area contributed by atoms with E-state index in [9.17, 15) is 22.0 Å². The van der Waals surface area contributed by atoms with Gasteiger partial charge in [-0.15, -0.1) is 11.3 Å². The van der Waals surface area contributed by atoms with Crippen LogP contribution in [0.25, 0.3) is 0 Å². The first-order valence-corrected chi connectivity index (χ1v) is 5.31. The quantitative estimate of drug-likeness (QED) is 0.720. The van der Waals surface area contributed by atoms with Gasteiger partial charge in [-0.25, -0.2) is 13.8 Å². The minimum absolute atomic E-state index is 0.00417. The van der Waals surface area contributed by atoms with Crippen LogP contribution >= 0.6 is 11.3 Å². The molecule has 0 radical (unpaired) electrons. The van der Waals surface area contributed by atoms with Crippen LogP contribution in [0.4, 0.5) is 27.1 Å². The predicted octanol–water partition coefficient (Wildman–Crippen LogP) is 3.01. The van der Waals surface area contributed by atoms with Crippen molar-refractivity contribution < 1.29 is 22.0 Å². The van der Waals surface area contributed by atoms with Gasteiger partial charge >= 0.3 is 6.18 Å². The van der Waals surface area contributed by atoms with Gasteiger partial charge in [0.1, 0.15) is 0 Å². The van der Waals surface area contributed by atoms with Gasteiger partial charge in [0.25, 0.3) is 5.92 Å². The van der Waals surface area contributed by atoms with Crippen molar-refractivity contribution in [3.8, 4) is 0 Å². The van der Waals surface area contributed by atoms with Gasteiger partial charge in [0, 0.05) is 18.3 Å². The summed E-state index contributed by atoms with van der Waals surface area (Å²) in [5, 5.41) is 0.843. The maximum Gasteiger partial charge on any atom is 0.434 e. The average molecular weight is 258 g/mol. The summed E-state index contributed by atoms with van der Waals surface area (Å²) in [5.74, 6) is -2.83. The molecule has 2 heterocycles. The lowest BCUT2D eigenvalue weighted by atomic mass is 10.3. The number of rotatable bonds is 1. The molecule has 1 fully saturated rings. The van der Waals surface area contributed by atoms with Gasteiger partial charge in [0.15, 0.2) is 10.8 Å². The second-order valence-electron chi connectivity index (χ2n) is 3.54. The van der Waals surface area contributed by atoms with E-state index in [-0.39, 0.29) is 18.1 Å². The molecule has 0 saturated carbocycles. The van der Waals surface area contributed by atoms with Crippen molar-refractivity contribution in [1.29, 1.82) is 0 Å². The molecule has 90 valence electrons. The Balaban J connectivity index is 2.15. The highest BCUT2D eigenvalue weighted by Gasteiger charge is 2.40. The van der Waals surface area contributed by atoms with E-state index in [0.29, 0.717) is 0 Å². The fourth-order valence-electron chi connectivity index (χ4n) is 1.44. The van der Waals surface area contributed by atoms with E-state index < -0.39 is 24.3 Å². The molecule has 0 spiro atoms. The molecule has 1 aliphatic heterocycles. The fraction of sp³-hybridized carbons (Fsp3) is 0.625. The summed E-state index contributed by atoms with van der Waals surface area (Å²) >= 11 is 0.736. The highest BCUT2D eigenvalue weighted by atomic mass is 32.1. The van der Waals surface area contributed by atoms with Crippen molar-refractivity contribution in [2.75, 3.05) is 18.0 Å². The SMILES string of the molecule is FC1(F)CCN(c2nc(C(F)(F)F)cs2)C1. The van der Waals surface area contributed by atoms with E-state index in [4.69, 9.17) is 0 Å². The van der Waals surface area contributed by atoms with Gasteiger partial charge < -0.3 is 4.90 Å². The number of hydrogen-bond acceptors (Lipinski definition) is 3. The van der Waals surface area contributed by atoms with Crippen molar-refractivity contribution in [2.24, 2.45) is 0 Å². The molecule has 0 aliphatic carbocycles. The number of anilines is 1. The van der Waals surface area contributed by atoms with Crippen molar-refractivity contribution in [3.63, 3.8) is 0 Å². The molecule has 0 unspecified atom stereocenters. The number of thiazole rings is 1. The zero-order valence-electron chi connectivity index (χ0n) is 7.89. The summed E-state index contributed by atoms with van der Waals surface area (Å²) in [6, 6.07) is 0. The van der Waals surface area contributed by atoms with E-state index in [1.54, 1.807) is 0 Å². The lowest BCUT2D eigenvalue weighted by Crippen LogP contribution is -2.24. The minimum atomic E-state index is -4.52. The van der Waals surface area contributed by atoms with Crippen LogP contribution in [0.5, 0.6) is 0 Å². The van der Waals surface area contributed by atoms with Gasteiger partial charge in [-0.05, 0) is 0 Å². The van der Waals surface area contributed by atoms with Crippen molar-refractivity contribution in [1.82, 2.24) is 4.98 Å². The Morgan fingerprint density at radius 2 is 2.06 bits per heavy atom. The summed E-state index contributed by atoms with van der Waals surface area (Å²) < 4.78 is 62.3. The van der Waals surface area contributed by atoms with Crippen molar-refractivity contribution in [2.45, 2.75) is 18.5 Å². The number of halogens is 5. The molecule has 0 atom stereocenters. The van der Waals surface area contributed by atoms with E-state index in [0.717, 1.165) is 16.7 Å². The molecule has 1 aliphatic rings. The summed E-state index contributed by atoms with van der Waals surface area (Å²) in [6.07, 6.45) is -4.86. The van der Waals surface area contributed by atoms with Gasteiger partial charge in [0.2, 0.25) is 0 Å². The second-order valence-corrected chi connectivity index (χ2v) is 4.38. The summed E-state index contributed by atoms with van der Waals surface area (Å²) in [5.41, 5.74) is -1.03. The van der Waals surface area contributed by atoms with Crippen LogP contribution in [-0.4, -0.2) is 24.0 Å². The number of hydrogen-bond donors (Lipinski definition) is 0. The van der Waals surface area contributed by atoms with Crippen molar-refractivity contribution in [3.05, 3.63) is 11.1 Å². The third kappa shape index (κ3) is 2.26. The van der Waals surface area contributed by atoms with Gasteiger partial charge in [0.05, 0.1) is 6.54 Å². The van der Waals surface area contributed by atoms with E-state index in [1.165, 1.54) is 4.90 Å². The molecule has 0 bridgehead atoms. The van der Waals surface area contributed by atoms with Crippen LogP contribution in [0.1, 0.15) is 12.1 Å². The molecule has 2 nitrogen and oxygen atoms in total. The Labute approximate surface area is 91.7 Å². The van der Waals surface area contributed by atoms with Crippen LogP contribution < -0.4 is 4.90 Å². The van der Waals surface area contributed by atoms with Gasteiger partial charge in [-0.2, -0.15) is 13.2 Å². The minimum Gasteiger partial charge on any atom is -0.342 e. The van der Waals surface area contributed by atoms with Crippen LogP contribution in [0.15, 0.2) is 5.38 Å². The maximum atomic E-state index is 12.8. The molecule has 1 saturated heterocycles. The zero-order valence-corrected chi connectivity index (χ0v) is 8.71. The van der Waals surface area contributed by atoms with Gasteiger partial charge in [-0.1, -0.05) is 0 Å². The van der Waals surface area contributed by atoms with Crippen LogP contribution in [0.2, 0.25) is 0 Å². The third-order valence-corrected chi connectivity index (χ3v) is 3.12. The number of aromatic nitrogens is 1. The molecule has 2 rings (SSSR count). The smallest absolute Gasteiger partial charge is 0.342 e. The molecular weight excluding hydrogens is 251 g/mol. The van der Waals surface area contributed by atoms with Crippen molar-refractivity contribution >= 4 is 16.5 Å². The maximum absolute atomic E-state index is 12.8. The molecule has 0 amide bonds. The van der Waals surface area contributed by atoms with Crippen LogP contribution in [0, 0.1) is 0 Å². The molecule has 16 heavy (non-hydrogen) atoms. The van der Waals surface area contributed by atoms with Gasteiger partial charge in [-0.3, -0.25) is 0 Å². The molecule has 1 aromatic heterocycles. The fourth-order valence-corrected chi connectivity index (χ4v) is 2.30. The number of alkyl halides is 5. The second kappa shape index (κ2) is 3.54. The summed E-state index contributed by atoms with van der Waals surface area (Å²) in [4.78, 5) is 4.50. The van der Waals surface area contributed by atoms with Crippen LogP contribution in [-0.2, 0) is 6.18 Å². The summed E-state index contributed by atoms with van der Waals surface area (Å²) in [7, 11) is 0. The number of nitrogens with zero attached hydrogens (tertiary/aromatic N) is 2.